The smallest absolute Gasteiger partial charge is 0.236 e. The number of nitrogens with one attached hydrogen (secondary N) is 1. The highest BCUT2D eigenvalue weighted by Crippen LogP contribution is 2.32. The summed E-state index contributed by atoms with van der Waals surface area (Å²) in [5.41, 5.74) is 1.42. The number of aromatic nitrogens is 1. The van der Waals surface area contributed by atoms with Crippen LogP contribution in [0.5, 0.6) is 0 Å². The average molecular weight is 430 g/mol. The summed E-state index contributed by atoms with van der Waals surface area (Å²) < 4.78 is 0. The van der Waals surface area contributed by atoms with Crippen molar-refractivity contribution in [3.05, 3.63) is 62.9 Å². The van der Waals surface area contributed by atoms with Gasteiger partial charge in [0, 0.05) is 25.9 Å². The molecule has 25 heavy (non-hydrogen) atoms. The summed E-state index contributed by atoms with van der Waals surface area (Å²) in [6.45, 7) is 0. The monoisotopic (exact) mass is 428 g/mol. The number of halogens is 3. The lowest BCUT2D eigenvalue weighted by atomic mass is 10.2. The minimum absolute atomic E-state index is 0.127. The fourth-order valence-corrected chi connectivity index (χ4v) is 3.92. The van der Waals surface area contributed by atoms with Crippen LogP contribution in [0.2, 0.25) is 15.1 Å². The number of thioether (sulfide) groups is 1. The number of nitrogens with zero attached hydrogens (tertiary/aromatic N) is 1. The van der Waals surface area contributed by atoms with Crippen LogP contribution in [0.3, 0.4) is 0 Å². The second kappa shape index (κ2) is 8.43. The highest BCUT2D eigenvalue weighted by Gasteiger charge is 2.11. The standard InChI is InChI=1S/C17H11Cl3N2OS2/c18-10-1-4-12(5-2-10)24-9-16(23)22-17-21-15(8-25-17)13-7-11(19)3-6-14(13)20/h1-8H,9H2,(H,21,22,23). The van der Waals surface area contributed by atoms with Crippen LogP contribution in [0.25, 0.3) is 11.3 Å². The molecule has 0 saturated carbocycles. The van der Waals surface area contributed by atoms with Gasteiger partial charge in [-0.15, -0.1) is 23.1 Å². The lowest BCUT2D eigenvalue weighted by Crippen LogP contribution is -2.13. The van der Waals surface area contributed by atoms with Gasteiger partial charge in [0.05, 0.1) is 16.5 Å². The topological polar surface area (TPSA) is 42.0 Å². The lowest BCUT2D eigenvalue weighted by Gasteiger charge is -2.03. The van der Waals surface area contributed by atoms with E-state index in [1.165, 1.54) is 23.1 Å². The van der Waals surface area contributed by atoms with E-state index in [4.69, 9.17) is 34.8 Å². The van der Waals surface area contributed by atoms with Crippen LogP contribution in [0, 0.1) is 0 Å². The Morgan fingerprint density at radius 2 is 1.80 bits per heavy atom. The van der Waals surface area contributed by atoms with Gasteiger partial charge in [-0.3, -0.25) is 4.79 Å². The van der Waals surface area contributed by atoms with E-state index >= 15 is 0 Å². The number of carbonyl (C=O) groups excluding carboxylic acids is 1. The summed E-state index contributed by atoms with van der Waals surface area (Å²) in [6, 6.07) is 12.5. The molecule has 3 aromatic rings. The minimum Gasteiger partial charge on any atom is -0.301 e. The van der Waals surface area contributed by atoms with Crippen molar-refractivity contribution in [2.75, 3.05) is 11.1 Å². The Balaban J connectivity index is 1.62. The van der Waals surface area contributed by atoms with Gasteiger partial charge in [-0.25, -0.2) is 4.98 Å². The number of hydrogen-bond acceptors (Lipinski definition) is 4. The molecule has 1 N–H and O–H groups in total. The van der Waals surface area contributed by atoms with E-state index in [-0.39, 0.29) is 11.7 Å². The molecule has 8 heteroatoms. The number of anilines is 1. The molecule has 1 aromatic heterocycles. The van der Waals surface area contributed by atoms with Crippen molar-refractivity contribution in [1.29, 1.82) is 0 Å². The molecule has 0 fully saturated rings. The third-order valence-electron chi connectivity index (χ3n) is 3.14. The molecule has 0 spiro atoms. The molecule has 1 amide bonds. The Hall–Kier alpha value is -1.24. The summed E-state index contributed by atoms with van der Waals surface area (Å²) in [7, 11) is 0. The predicted molar refractivity (Wildman–Crippen MR) is 108 cm³/mol. The van der Waals surface area contributed by atoms with E-state index < -0.39 is 0 Å². The molecular formula is C17H11Cl3N2OS2. The van der Waals surface area contributed by atoms with Gasteiger partial charge >= 0.3 is 0 Å². The van der Waals surface area contributed by atoms with E-state index in [0.717, 1.165) is 10.5 Å². The maximum atomic E-state index is 12.1. The molecule has 0 bridgehead atoms. The number of hydrogen-bond donors (Lipinski definition) is 1. The average Bonchev–Trinajstić information content (AvgIpc) is 3.05. The molecule has 3 nitrogen and oxygen atoms in total. The van der Waals surface area contributed by atoms with E-state index in [1.54, 1.807) is 30.3 Å². The first-order valence-electron chi connectivity index (χ1n) is 7.10. The Kier molecular flexibility index (Phi) is 6.25. The summed E-state index contributed by atoms with van der Waals surface area (Å²) >= 11 is 20.8. The maximum Gasteiger partial charge on any atom is 0.236 e. The van der Waals surface area contributed by atoms with Crippen LogP contribution in [0.15, 0.2) is 52.7 Å². The van der Waals surface area contributed by atoms with Gasteiger partial charge in [0.25, 0.3) is 0 Å². The van der Waals surface area contributed by atoms with Crippen molar-refractivity contribution < 1.29 is 4.79 Å². The Bertz CT molecular complexity index is 897. The van der Waals surface area contributed by atoms with E-state index in [1.807, 2.05) is 17.5 Å². The fraction of sp³-hybridized carbons (Fsp3) is 0.0588. The first kappa shape index (κ1) is 18.5. The van der Waals surface area contributed by atoms with Crippen LogP contribution in [-0.2, 0) is 4.79 Å². The highest BCUT2D eigenvalue weighted by atomic mass is 35.5. The highest BCUT2D eigenvalue weighted by molar-refractivity contribution is 8.00. The molecule has 0 aliphatic carbocycles. The number of benzene rings is 2. The first-order chi connectivity index (χ1) is 12.0. The zero-order valence-electron chi connectivity index (χ0n) is 12.6. The van der Waals surface area contributed by atoms with Crippen molar-refractivity contribution >= 4 is 68.9 Å². The Morgan fingerprint density at radius 3 is 2.56 bits per heavy atom. The van der Waals surface area contributed by atoms with Crippen molar-refractivity contribution in [3.63, 3.8) is 0 Å². The normalized spacial score (nSPS) is 10.7. The number of carbonyl (C=O) groups is 1. The second-order valence-corrected chi connectivity index (χ2v) is 8.14. The van der Waals surface area contributed by atoms with Crippen LogP contribution < -0.4 is 5.32 Å². The third-order valence-corrected chi connectivity index (χ3v) is 5.72. The van der Waals surface area contributed by atoms with E-state index in [2.05, 4.69) is 10.3 Å². The Labute approximate surface area is 168 Å². The molecular weight excluding hydrogens is 419 g/mol. The molecule has 3 rings (SSSR count). The van der Waals surface area contributed by atoms with Crippen molar-refractivity contribution in [3.8, 4) is 11.3 Å². The van der Waals surface area contributed by atoms with Gasteiger partial charge in [-0.2, -0.15) is 0 Å². The van der Waals surface area contributed by atoms with Crippen molar-refractivity contribution in [2.24, 2.45) is 0 Å². The van der Waals surface area contributed by atoms with Gasteiger partial charge < -0.3 is 5.32 Å². The van der Waals surface area contributed by atoms with Crippen molar-refractivity contribution in [2.45, 2.75) is 4.90 Å². The minimum atomic E-state index is -0.127. The molecule has 0 aliphatic heterocycles. The van der Waals surface area contributed by atoms with Crippen LogP contribution in [0.1, 0.15) is 0 Å². The fourth-order valence-electron chi connectivity index (χ4n) is 1.98. The quantitative estimate of drug-likeness (QED) is 0.471. The van der Waals surface area contributed by atoms with Crippen molar-refractivity contribution in [1.82, 2.24) is 4.98 Å². The lowest BCUT2D eigenvalue weighted by molar-refractivity contribution is -0.113. The zero-order chi connectivity index (χ0) is 17.8. The van der Waals surface area contributed by atoms with Gasteiger partial charge in [0.15, 0.2) is 5.13 Å². The first-order valence-corrected chi connectivity index (χ1v) is 10.1. The Morgan fingerprint density at radius 1 is 1.08 bits per heavy atom. The second-order valence-electron chi connectivity index (χ2n) is 4.95. The molecule has 0 radical (unpaired) electrons. The molecule has 1 heterocycles. The number of rotatable bonds is 5. The number of amides is 1. The molecule has 0 aliphatic rings. The van der Waals surface area contributed by atoms with E-state index in [9.17, 15) is 4.79 Å². The molecule has 0 saturated heterocycles. The van der Waals surface area contributed by atoms with Gasteiger partial charge in [-0.05, 0) is 42.5 Å². The largest absolute Gasteiger partial charge is 0.301 e. The SMILES string of the molecule is O=C(CSc1ccc(Cl)cc1)Nc1nc(-c2cc(Cl)ccc2Cl)cs1. The summed E-state index contributed by atoms with van der Waals surface area (Å²) in [5, 5.41) is 6.96. The molecule has 0 unspecified atom stereocenters. The zero-order valence-corrected chi connectivity index (χ0v) is 16.5. The summed E-state index contributed by atoms with van der Waals surface area (Å²) in [5.74, 6) is 0.159. The number of thiazole rings is 1. The molecule has 128 valence electrons. The molecule has 2 aromatic carbocycles. The van der Waals surface area contributed by atoms with Gasteiger partial charge in [-0.1, -0.05) is 34.8 Å². The summed E-state index contributed by atoms with van der Waals surface area (Å²) in [6.07, 6.45) is 0. The third kappa shape index (κ3) is 5.12. The van der Waals surface area contributed by atoms with Crippen LogP contribution in [-0.4, -0.2) is 16.6 Å². The van der Waals surface area contributed by atoms with Gasteiger partial charge in [0.2, 0.25) is 5.91 Å². The predicted octanol–water partition coefficient (Wildman–Crippen LogP) is 6.50. The van der Waals surface area contributed by atoms with Gasteiger partial charge in [0.1, 0.15) is 0 Å². The van der Waals surface area contributed by atoms with Crippen LogP contribution >= 0.6 is 57.9 Å². The summed E-state index contributed by atoms with van der Waals surface area (Å²) in [4.78, 5) is 17.5. The van der Waals surface area contributed by atoms with E-state index in [0.29, 0.717) is 25.9 Å². The van der Waals surface area contributed by atoms with Crippen LogP contribution in [0.4, 0.5) is 5.13 Å². The maximum absolute atomic E-state index is 12.1. The molecule has 0 atom stereocenters.